The third-order valence-electron chi connectivity index (χ3n) is 3.89. The summed E-state index contributed by atoms with van der Waals surface area (Å²) in [5, 5.41) is 9.13. The molecule has 0 spiro atoms. The Kier molecular flexibility index (Phi) is 2.68. The lowest BCUT2D eigenvalue weighted by molar-refractivity contribution is -0.146. The largest absolute Gasteiger partial charge is 0.339 e. The van der Waals surface area contributed by atoms with E-state index >= 15 is 0 Å². The van der Waals surface area contributed by atoms with Gasteiger partial charge < -0.3 is 4.90 Å². The van der Waals surface area contributed by atoms with E-state index in [0.29, 0.717) is 6.04 Å². The number of likely N-dealkylation sites (tertiary alicyclic amines) is 1. The lowest BCUT2D eigenvalue weighted by Crippen LogP contribution is -2.51. The Morgan fingerprint density at radius 1 is 1.40 bits per heavy atom. The SMILES string of the molecule is CC1CCCCN1C(=O)C1(C#N)CCC1. The minimum absolute atomic E-state index is 0.100. The smallest absolute Gasteiger partial charge is 0.243 e. The van der Waals surface area contributed by atoms with Crippen LogP contribution >= 0.6 is 0 Å². The van der Waals surface area contributed by atoms with Crippen LogP contribution in [0, 0.1) is 16.7 Å². The van der Waals surface area contributed by atoms with Gasteiger partial charge in [0.25, 0.3) is 0 Å². The summed E-state index contributed by atoms with van der Waals surface area (Å²) in [4.78, 5) is 14.2. The molecule has 82 valence electrons. The molecule has 2 fully saturated rings. The fourth-order valence-corrected chi connectivity index (χ4v) is 2.58. The van der Waals surface area contributed by atoms with Crippen molar-refractivity contribution in [3.05, 3.63) is 0 Å². The summed E-state index contributed by atoms with van der Waals surface area (Å²) in [7, 11) is 0. The zero-order valence-corrected chi connectivity index (χ0v) is 9.33. The predicted octanol–water partition coefficient (Wildman–Crippen LogP) is 2.08. The molecule has 0 aromatic carbocycles. The molecular weight excluding hydrogens is 188 g/mol. The number of hydrogen-bond donors (Lipinski definition) is 0. The highest BCUT2D eigenvalue weighted by Gasteiger charge is 2.47. The van der Waals surface area contributed by atoms with Gasteiger partial charge in [0.05, 0.1) is 6.07 Å². The van der Waals surface area contributed by atoms with Crippen LogP contribution < -0.4 is 0 Å². The summed E-state index contributed by atoms with van der Waals surface area (Å²) in [5.41, 5.74) is -0.647. The highest BCUT2D eigenvalue weighted by molar-refractivity contribution is 5.86. The third-order valence-corrected chi connectivity index (χ3v) is 3.89. The summed E-state index contributed by atoms with van der Waals surface area (Å²) in [5.74, 6) is 0.100. The molecule has 1 amide bonds. The Bertz CT molecular complexity index is 301. The Morgan fingerprint density at radius 3 is 2.60 bits per heavy atom. The van der Waals surface area contributed by atoms with Crippen molar-refractivity contribution in [3.63, 3.8) is 0 Å². The first-order valence-electron chi connectivity index (χ1n) is 5.92. The van der Waals surface area contributed by atoms with Gasteiger partial charge in [-0.2, -0.15) is 5.26 Å². The fraction of sp³-hybridized carbons (Fsp3) is 0.833. The molecule has 3 heteroatoms. The quantitative estimate of drug-likeness (QED) is 0.659. The maximum atomic E-state index is 12.2. The van der Waals surface area contributed by atoms with Crippen molar-refractivity contribution in [1.29, 1.82) is 5.26 Å². The molecular formula is C12H18N2O. The molecule has 3 nitrogen and oxygen atoms in total. The van der Waals surface area contributed by atoms with Crippen LogP contribution in [0.5, 0.6) is 0 Å². The van der Waals surface area contributed by atoms with E-state index in [4.69, 9.17) is 5.26 Å². The first-order chi connectivity index (χ1) is 7.19. The summed E-state index contributed by atoms with van der Waals surface area (Å²) in [6, 6.07) is 2.57. The highest BCUT2D eigenvalue weighted by Crippen LogP contribution is 2.42. The van der Waals surface area contributed by atoms with Gasteiger partial charge in [-0.3, -0.25) is 4.79 Å². The summed E-state index contributed by atoms with van der Waals surface area (Å²) in [6.45, 7) is 2.95. The average Bonchev–Trinajstić information content (AvgIpc) is 2.17. The van der Waals surface area contributed by atoms with Gasteiger partial charge >= 0.3 is 0 Å². The van der Waals surface area contributed by atoms with Crippen LogP contribution in [0.25, 0.3) is 0 Å². The molecule has 0 aromatic heterocycles. The minimum atomic E-state index is -0.647. The molecule has 1 saturated carbocycles. The number of nitriles is 1. The fourth-order valence-electron chi connectivity index (χ4n) is 2.58. The normalized spacial score (nSPS) is 29.1. The average molecular weight is 206 g/mol. The van der Waals surface area contributed by atoms with Crippen molar-refractivity contribution in [2.45, 2.75) is 51.5 Å². The zero-order chi connectivity index (χ0) is 10.9. The van der Waals surface area contributed by atoms with Gasteiger partial charge in [0.15, 0.2) is 0 Å². The van der Waals surface area contributed by atoms with Crippen molar-refractivity contribution in [2.24, 2.45) is 5.41 Å². The maximum Gasteiger partial charge on any atom is 0.243 e. The van der Waals surface area contributed by atoms with E-state index in [1.54, 1.807) is 0 Å². The van der Waals surface area contributed by atoms with Crippen LogP contribution in [0.4, 0.5) is 0 Å². The molecule has 2 aliphatic rings. The monoisotopic (exact) mass is 206 g/mol. The second-order valence-electron chi connectivity index (χ2n) is 4.89. The molecule has 1 aliphatic heterocycles. The molecule has 0 N–H and O–H groups in total. The van der Waals surface area contributed by atoms with Crippen LogP contribution in [-0.2, 0) is 4.79 Å². The number of nitrogens with zero attached hydrogens (tertiary/aromatic N) is 2. The number of rotatable bonds is 1. The van der Waals surface area contributed by atoms with Crippen LogP contribution in [0.1, 0.15) is 45.4 Å². The molecule has 0 bridgehead atoms. The van der Waals surface area contributed by atoms with Crippen LogP contribution in [0.3, 0.4) is 0 Å². The summed E-state index contributed by atoms with van der Waals surface area (Å²) in [6.07, 6.45) is 5.97. The van der Waals surface area contributed by atoms with E-state index in [1.807, 2.05) is 4.90 Å². The summed E-state index contributed by atoms with van der Waals surface area (Å²) < 4.78 is 0. The Morgan fingerprint density at radius 2 is 2.13 bits per heavy atom. The van der Waals surface area contributed by atoms with Gasteiger partial charge in [0, 0.05) is 12.6 Å². The minimum Gasteiger partial charge on any atom is -0.339 e. The van der Waals surface area contributed by atoms with Crippen LogP contribution in [-0.4, -0.2) is 23.4 Å². The highest BCUT2D eigenvalue weighted by atomic mass is 16.2. The van der Waals surface area contributed by atoms with Crippen molar-refractivity contribution in [3.8, 4) is 6.07 Å². The first-order valence-corrected chi connectivity index (χ1v) is 5.92. The van der Waals surface area contributed by atoms with Crippen molar-refractivity contribution in [1.82, 2.24) is 4.90 Å². The van der Waals surface area contributed by atoms with E-state index in [1.165, 1.54) is 6.42 Å². The molecule has 1 unspecified atom stereocenters. The van der Waals surface area contributed by atoms with Crippen molar-refractivity contribution >= 4 is 5.91 Å². The Balaban J connectivity index is 2.09. The number of hydrogen-bond acceptors (Lipinski definition) is 2. The van der Waals surface area contributed by atoms with Crippen LogP contribution in [0.15, 0.2) is 0 Å². The molecule has 1 saturated heterocycles. The van der Waals surface area contributed by atoms with Gasteiger partial charge in [-0.15, -0.1) is 0 Å². The maximum absolute atomic E-state index is 12.2. The molecule has 1 heterocycles. The van der Waals surface area contributed by atoms with E-state index in [-0.39, 0.29) is 5.91 Å². The second kappa shape index (κ2) is 3.84. The standard InChI is InChI=1S/C12H18N2O/c1-10-5-2-3-8-14(10)11(15)12(9-13)6-4-7-12/h10H,2-8H2,1H3. The number of carbonyl (C=O) groups excluding carboxylic acids is 1. The molecule has 2 rings (SSSR count). The number of piperidine rings is 1. The lowest BCUT2D eigenvalue weighted by atomic mass is 9.68. The Labute approximate surface area is 91.1 Å². The second-order valence-corrected chi connectivity index (χ2v) is 4.89. The topological polar surface area (TPSA) is 44.1 Å². The molecule has 15 heavy (non-hydrogen) atoms. The van der Waals surface area contributed by atoms with Gasteiger partial charge in [0.1, 0.15) is 5.41 Å². The van der Waals surface area contributed by atoms with Crippen molar-refractivity contribution in [2.75, 3.05) is 6.54 Å². The molecule has 1 aliphatic carbocycles. The first kappa shape index (κ1) is 10.5. The van der Waals surface area contributed by atoms with Crippen LogP contribution in [0.2, 0.25) is 0 Å². The van der Waals surface area contributed by atoms with E-state index < -0.39 is 5.41 Å². The van der Waals surface area contributed by atoms with E-state index in [9.17, 15) is 4.79 Å². The van der Waals surface area contributed by atoms with E-state index in [2.05, 4.69) is 13.0 Å². The lowest BCUT2D eigenvalue weighted by Gasteiger charge is -2.42. The van der Waals surface area contributed by atoms with Gasteiger partial charge in [-0.1, -0.05) is 0 Å². The third kappa shape index (κ3) is 1.62. The Hall–Kier alpha value is -1.04. The summed E-state index contributed by atoms with van der Waals surface area (Å²) >= 11 is 0. The van der Waals surface area contributed by atoms with Gasteiger partial charge in [0.2, 0.25) is 5.91 Å². The molecule has 0 radical (unpaired) electrons. The number of amides is 1. The molecule has 0 aromatic rings. The molecule has 1 atom stereocenters. The zero-order valence-electron chi connectivity index (χ0n) is 9.33. The predicted molar refractivity (Wildman–Crippen MR) is 56.9 cm³/mol. The van der Waals surface area contributed by atoms with Gasteiger partial charge in [-0.25, -0.2) is 0 Å². The van der Waals surface area contributed by atoms with Crippen molar-refractivity contribution < 1.29 is 4.79 Å². The van der Waals surface area contributed by atoms with E-state index in [0.717, 1.165) is 38.6 Å². The van der Waals surface area contributed by atoms with Gasteiger partial charge in [-0.05, 0) is 45.4 Å². The number of carbonyl (C=O) groups is 1.